The molecule has 1 fully saturated rings. The van der Waals surface area contributed by atoms with Crippen LogP contribution in [0.3, 0.4) is 0 Å². The van der Waals surface area contributed by atoms with Gasteiger partial charge in [0.1, 0.15) is 12.2 Å². The highest BCUT2D eigenvalue weighted by atomic mass is 32.2. The van der Waals surface area contributed by atoms with Gasteiger partial charge in [-0.1, -0.05) is 12.8 Å². The van der Waals surface area contributed by atoms with Crippen molar-refractivity contribution in [2.45, 2.75) is 51.5 Å². The van der Waals surface area contributed by atoms with E-state index in [1.807, 2.05) is 0 Å². The molecule has 0 saturated heterocycles. The summed E-state index contributed by atoms with van der Waals surface area (Å²) >= 11 is 0. The van der Waals surface area contributed by atoms with Crippen LogP contribution in [0.1, 0.15) is 49.9 Å². The minimum Gasteiger partial charge on any atom is -0.748 e. The minimum atomic E-state index is -4.96. The number of carbonyl (C=O) groups excluding carboxylic acids is 1. The fraction of sp³-hybridized carbons (Fsp3) is 0.611. The minimum absolute atomic E-state index is 0.124. The Hall–Kier alpha value is -2.01. The van der Waals surface area contributed by atoms with Crippen LogP contribution in [0.4, 0.5) is 13.2 Å². The molecule has 0 aliphatic heterocycles. The molecule has 0 aromatic heterocycles. The van der Waals surface area contributed by atoms with Gasteiger partial charge in [-0.25, -0.2) is 13.2 Å². The van der Waals surface area contributed by atoms with Crippen LogP contribution in [0.15, 0.2) is 18.2 Å². The predicted octanol–water partition coefficient (Wildman–Crippen LogP) is 3.63. The van der Waals surface area contributed by atoms with E-state index in [2.05, 4.69) is 4.74 Å². The van der Waals surface area contributed by atoms with Crippen LogP contribution in [0.5, 0.6) is 11.5 Å². The quantitative estimate of drug-likeness (QED) is 0.450. The first-order chi connectivity index (χ1) is 13.3. The van der Waals surface area contributed by atoms with Gasteiger partial charge in [0.05, 0.1) is 21.4 Å². The molecular weight excluding hydrogens is 417 g/mol. The first-order valence-corrected chi connectivity index (χ1v) is 10.5. The molecule has 0 heterocycles. The standard InChI is InChI=1S/C18H23F3O7S/c1-17(2,13-5-3-4-6-13)27-15-11-12(7-8-14(15)28-18(19,20)21)16(22)26-9-10-29(23,24)25/h7-8,11,13H,3-6,9-10H2,1-2H3,(H,23,24,25)/p-1. The van der Waals surface area contributed by atoms with Crippen molar-refractivity contribution in [3.8, 4) is 11.5 Å². The van der Waals surface area contributed by atoms with Crippen molar-refractivity contribution in [2.24, 2.45) is 5.92 Å². The summed E-state index contributed by atoms with van der Waals surface area (Å²) in [6.45, 7) is 2.84. The Morgan fingerprint density at radius 3 is 2.31 bits per heavy atom. The van der Waals surface area contributed by atoms with Crippen molar-refractivity contribution in [3.63, 3.8) is 0 Å². The molecule has 1 aromatic rings. The largest absolute Gasteiger partial charge is 0.748 e. The van der Waals surface area contributed by atoms with Gasteiger partial charge in [0.15, 0.2) is 11.5 Å². The highest BCUT2D eigenvalue weighted by Crippen LogP contribution is 2.41. The number of halogens is 3. The zero-order valence-corrected chi connectivity index (χ0v) is 16.8. The second-order valence-electron chi connectivity index (χ2n) is 7.29. The lowest BCUT2D eigenvalue weighted by molar-refractivity contribution is -0.275. The Kier molecular flexibility index (Phi) is 7.05. The third-order valence-corrected chi connectivity index (χ3v) is 5.35. The van der Waals surface area contributed by atoms with Crippen molar-refractivity contribution >= 4 is 16.1 Å². The zero-order valence-electron chi connectivity index (χ0n) is 16.0. The lowest BCUT2D eigenvalue weighted by atomic mass is 9.89. The molecule has 29 heavy (non-hydrogen) atoms. The maximum Gasteiger partial charge on any atom is 0.573 e. The van der Waals surface area contributed by atoms with Gasteiger partial charge in [-0.2, -0.15) is 0 Å². The van der Waals surface area contributed by atoms with Crippen molar-refractivity contribution in [1.82, 2.24) is 0 Å². The molecule has 1 aliphatic carbocycles. The molecule has 0 bridgehead atoms. The summed E-state index contributed by atoms with van der Waals surface area (Å²) < 4.78 is 84.5. The number of carbonyl (C=O) groups is 1. The maximum absolute atomic E-state index is 12.7. The molecule has 0 atom stereocenters. The predicted molar refractivity (Wildman–Crippen MR) is 94.6 cm³/mol. The van der Waals surface area contributed by atoms with Crippen LogP contribution in [0.2, 0.25) is 0 Å². The highest BCUT2D eigenvalue weighted by Gasteiger charge is 2.37. The Balaban J connectivity index is 2.24. The van der Waals surface area contributed by atoms with E-state index < -0.39 is 46.2 Å². The van der Waals surface area contributed by atoms with E-state index in [9.17, 15) is 30.9 Å². The summed E-state index contributed by atoms with van der Waals surface area (Å²) in [5.41, 5.74) is -0.973. The molecule has 0 radical (unpaired) electrons. The van der Waals surface area contributed by atoms with E-state index in [1.165, 1.54) is 0 Å². The van der Waals surface area contributed by atoms with Crippen molar-refractivity contribution in [2.75, 3.05) is 12.4 Å². The summed E-state index contributed by atoms with van der Waals surface area (Å²) in [5.74, 6) is -2.69. The van der Waals surface area contributed by atoms with Crippen molar-refractivity contribution < 1.29 is 45.1 Å². The third kappa shape index (κ3) is 7.39. The van der Waals surface area contributed by atoms with Crippen LogP contribution in [0.25, 0.3) is 0 Å². The van der Waals surface area contributed by atoms with Crippen LogP contribution in [0, 0.1) is 5.92 Å². The Bertz CT molecular complexity index is 828. The maximum atomic E-state index is 12.7. The lowest BCUT2D eigenvalue weighted by Gasteiger charge is -2.33. The van der Waals surface area contributed by atoms with Crippen molar-refractivity contribution in [3.05, 3.63) is 23.8 Å². The molecule has 164 valence electrons. The Labute approximate surface area is 166 Å². The van der Waals surface area contributed by atoms with E-state index >= 15 is 0 Å². The Morgan fingerprint density at radius 2 is 1.76 bits per heavy atom. The molecular formula is C18H22F3O7S-. The van der Waals surface area contributed by atoms with Crippen LogP contribution >= 0.6 is 0 Å². The van der Waals surface area contributed by atoms with Gasteiger partial charge in [0.25, 0.3) is 0 Å². The van der Waals surface area contributed by atoms with Crippen molar-refractivity contribution in [1.29, 1.82) is 0 Å². The lowest BCUT2D eigenvalue weighted by Crippen LogP contribution is -2.36. The van der Waals surface area contributed by atoms with Gasteiger partial charge in [0.2, 0.25) is 0 Å². The second-order valence-corrected chi connectivity index (χ2v) is 8.82. The van der Waals surface area contributed by atoms with Gasteiger partial charge in [0, 0.05) is 0 Å². The molecule has 1 aromatic carbocycles. The number of benzene rings is 1. The molecule has 0 N–H and O–H groups in total. The summed E-state index contributed by atoms with van der Waals surface area (Å²) in [6.07, 6.45) is -1.22. The average Bonchev–Trinajstić information content (AvgIpc) is 3.09. The highest BCUT2D eigenvalue weighted by molar-refractivity contribution is 7.85. The number of alkyl halides is 3. The fourth-order valence-electron chi connectivity index (χ4n) is 3.23. The van der Waals surface area contributed by atoms with E-state index in [0.717, 1.165) is 43.9 Å². The molecule has 0 unspecified atom stereocenters. The van der Waals surface area contributed by atoms with E-state index in [1.54, 1.807) is 13.8 Å². The number of rotatable bonds is 8. The number of hydrogen-bond donors (Lipinski definition) is 0. The van der Waals surface area contributed by atoms with E-state index in [-0.39, 0.29) is 17.2 Å². The molecule has 11 heteroatoms. The normalized spacial score (nSPS) is 15.9. The summed E-state index contributed by atoms with van der Waals surface area (Å²) in [7, 11) is -4.57. The topological polar surface area (TPSA) is 102 Å². The van der Waals surface area contributed by atoms with Gasteiger partial charge in [-0.05, 0) is 50.8 Å². The molecule has 1 saturated carbocycles. The molecule has 0 amide bonds. The summed E-state index contributed by atoms with van der Waals surface area (Å²) in [6, 6.07) is 3.00. The fourth-order valence-corrected chi connectivity index (χ4v) is 3.52. The SMILES string of the molecule is CC(C)(Oc1cc(C(=O)OCCS(=O)(=O)[O-])ccc1OC(F)(F)F)C1CCCC1. The molecule has 1 aliphatic rings. The molecule has 0 spiro atoms. The average molecular weight is 439 g/mol. The summed E-state index contributed by atoms with van der Waals surface area (Å²) in [5, 5.41) is 0. The molecule has 7 nitrogen and oxygen atoms in total. The summed E-state index contributed by atoms with van der Waals surface area (Å²) in [4.78, 5) is 12.1. The number of ether oxygens (including phenoxy) is 3. The van der Waals surface area contributed by atoms with Gasteiger partial charge in [-0.3, -0.25) is 0 Å². The number of esters is 1. The van der Waals surface area contributed by atoms with E-state index in [4.69, 9.17) is 9.47 Å². The van der Waals surface area contributed by atoms with Gasteiger partial charge >= 0.3 is 12.3 Å². The van der Waals surface area contributed by atoms with Crippen LogP contribution in [-0.2, 0) is 14.9 Å². The first kappa shape index (κ1) is 23.3. The Morgan fingerprint density at radius 1 is 1.14 bits per heavy atom. The smallest absolute Gasteiger partial charge is 0.573 e. The van der Waals surface area contributed by atoms with E-state index in [0.29, 0.717) is 0 Å². The first-order valence-electron chi connectivity index (χ1n) is 8.96. The second kappa shape index (κ2) is 8.78. The van der Waals surface area contributed by atoms with Gasteiger partial charge < -0.3 is 18.8 Å². The molecule has 2 rings (SSSR count). The van der Waals surface area contributed by atoms with Crippen LogP contribution < -0.4 is 9.47 Å². The van der Waals surface area contributed by atoms with Gasteiger partial charge in [-0.15, -0.1) is 13.2 Å². The van der Waals surface area contributed by atoms with Crippen LogP contribution in [-0.4, -0.2) is 43.3 Å². The number of hydrogen-bond acceptors (Lipinski definition) is 7. The third-order valence-electron chi connectivity index (χ3n) is 4.68. The zero-order chi connectivity index (χ0) is 21.9. The monoisotopic (exact) mass is 439 g/mol.